The number of hydrogen-bond donors (Lipinski definition) is 0. The van der Waals surface area contributed by atoms with Crippen LogP contribution in [-0.4, -0.2) is 23.4 Å². The van der Waals surface area contributed by atoms with Crippen LogP contribution in [0.5, 0.6) is 0 Å². The highest BCUT2D eigenvalue weighted by Crippen LogP contribution is 2.31. The fraction of sp³-hybridized carbons (Fsp3) is 0.562. The van der Waals surface area contributed by atoms with Crippen molar-refractivity contribution in [3.63, 3.8) is 0 Å². The van der Waals surface area contributed by atoms with Gasteiger partial charge in [0.1, 0.15) is 11.5 Å². The number of aryl methyl sites for hydroxylation is 2. The average molecular weight is 338 g/mol. The third kappa shape index (κ3) is 2.93. The first kappa shape index (κ1) is 15.2. The SMILES string of the molecule is C#CCN(C(=O)c1c(C)oc(C)c1Br)C1CCCCC1. The van der Waals surface area contributed by atoms with E-state index in [1.165, 1.54) is 19.3 Å². The number of nitrogens with zero attached hydrogens (tertiary/aromatic N) is 1. The molecule has 1 aliphatic carbocycles. The topological polar surface area (TPSA) is 33.5 Å². The first-order chi connectivity index (χ1) is 9.56. The van der Waals surface area contributed by atoms with Gasteiger partial charge in [0.25, 0.3) is 5.91 Å². The van der Waals surface area contributed by atoms with Gasteiger partial charge in [0.2, 0.25) is 0 Å². The van der Waals surface area contributed by atoms with Crippen molar-refractivity contribution in [1.82, 2.24) is 4.90 Å². The molecular formula is C16H20BrNO2. The van der Waals surface area contributed by atoms with E-state index in [4.69, 9.17) is 10.8 Å². The van der Waals surface area contributed by atoms with Crippen LogP contribution in [0.25, 0.3) is 0 Å². The average Bonchev–Trinajstić information content (AvgIpc) is 2.70. The van der Waals surface area contributed by atoms with Crippen molar-refractivity contribution in [1.29, 1.82) is 0 Å². The molecule has 108 valence electrons. The molecule has 4 heteroatoms. The van der Waals surface area contributed by atoms with E-state index in [1.54, 1.807) is 0 Å². The van der Waals surface area contributed by atoms with Gasteiger partial charge in [-0.25, -0.2) is 0 Å². The lowest BCUT2D eigenvalue weighted by Gasteiger charge is -2.33. The largest absolute Gasteiger partial charge is 0.465 e. The Hall–Kier alpha value is -1.21. The van der Waals surface area contributed by atoms with Gasteiger partial charge in [-0.3, -0.25) is 4.79 Å². The fourth-order valence-corrected chi connectivity index (χ4v) is 3.43. The second-order valence-electron chi connectivity index (χ2n) is 5.33. The molecular weight excluding hydrogens is 318 g/mol. The number of furan rings is 1. The molecule has 0 aliphatic heterocycles. The molecule has 1 aliphatic rings. The second kappa shape index (κ2) is 6.49. The van der Waals surface area contributed by atoms with Gasteiger partial charge in [0, 0.05) is 6.04 Å². The Morgan fingerprint density at radius 1 is 1.35 bits per heavy atom. The first-order valence-electron chi connectivity index (χ1n) is 7.06. The molecule has 1 aromatic heterocycles. The van der Waals surface area contributed by atoms with E-state index in [-0.39, 0.29) is 11.9 Å². The monoisotopic (exact) mass is 337 g/mol. The lowest BCUT2D eigenvalue weighted by Crippen LogP contribution is -2.42. The molecule has 0 atom stereocenters. The summed E-state index contributed by atoms with van der Waals surface area (Å²) in [6.45, 7) is 4.03. The van der Waals surface area contributed by atoms with E-state index in [0.29, 0.717) is 17.9 Å². The summed E-state index contributed by atoms with van der Waals surface area (Å²) in [5.41, 5.74) is 0.614. The number of terminal acetylenes is 1. The molecule has 1 aromatic rings. The Kier molecular flexibility index (Phi) is 4.93. The molecule has 3 nitrogen and oxygen atoms in total. The Balaban J connectivity index is 2.29. The maximum atomic E-state index is 12.8. The van der Waals surface area contributed by atoms with Crippen molar-refractivity contribution in [3.8, 4) is 12.3 Å². The summed E-state index contributed by atoms with van der Waals surface area (Å²) >= 11 is 3.45. The summed E-state index contributed by atoms with van der Waals surface area (Å²) in [5, 5.41) is 0. The summed E-state index contributed by atoms with van der Waals surface area (Å²) in [5.74, 6) is 3.98. The summed E-state index contributed by atoms with van der Waals surface area (Å²) in [7, 11) is 0. The van der Waals surface area contributed by atoms with Gasteiger partial charge in [-0.15, -0.1) is 6.42 Å². The van der Waals surface area contributed by atoms with Crippen molar-refractivity contribution in [3.05, 3.63) is 21.6 Å². The zero-order valence-electron chi connectivity index (χ0n) is 12.0. The second-order valence-corrected chi connectivity index (χ2v) is 6.13. The van der Waals surface area contributed by atoms with E-state index in [2.05, 4.69) is 21.9 Å². The predicted molar refractivity (Wildman–Crippen MR) is 82.6 cm³/mol. The molecule has 0 saturated heterocycles. The van der Waals surface area contributed by atoms with Crippen LogP contribution >= 0.6 is 15.9 Å². The highest BCUT2D eigenvalue weighted by atomic mass is 79.9. The maximum absolute atomic E-state index is 12.8. The van der Waals surface area contributed by atoms with E-state index in [1.807, 2.05) is 18.7 Å². The molecule has 0 unspecified atom stereocenters. The predicted octanol–water partition coefficient (Wildman–Crippen LogP) is 4.07. The standard InChI is InChI=1S/C16H20BrNO2/c1-4-10-18(13-8-6-5-7-9-13)16(19)14-11(2)20-12(3)15(14)17/h1,13H,5-10H2,2-3H3. The minimum atomic E-state index is -0.0175. The minimum Gasteiger partial charge on any atom is -0.465 e. The van der Waals surface area contributed by atoms with Crippen LogP contribution in [0, 0.1) is 26.2 Å². The number of rotatable bonds is 3. The van der Waals surface area contributed by atoms with Crippen LogP contribution < -0.4 is 0 Å². The summed E-state index contributed by atoms with van der Waals surface area (Å²) in [6, 6.07) is 0.258. The molecule has 1 amide bonds. The zero-order valence-corrected chi connectivity index (χ0v) is 13.6. The van der Waals surface area contributed by atoms with Gasteiger partial charge < -0.3 is 9.32 Å². The molecule has 0 bridgehead atoms. The number of carbonyl (C=O) groups excluding carboxylic acids is 1. The van der Waals surface area contributed by atoms with Gasteiger partial charge in [-0.1, -0.05) is 25.2 Å². The van der Waals surface area contributed by atoms with Gasteiger partial charge in [0.05, 0.1) is 16.6 Å². The van der Waals surface area contributed by atoms with Crippen molar-refractivity contribution in [2.24, 2.45) is 0 Å². The van der Waals surface area contributed by atoms with E-state index in [0.717, 1.165) is 23.1 Å². The van der Waals surface area contributed by atoms with Crippen molar-refractivity contribution in [2.75, 3.05) is 6.54 Å². The molecule has 0 radical (unpaired) electrons. The van der Waals surface area contributed by atoms with E-state index < -0.39 is 0 Å². The molecule has 2 rings (SSSR count). The number of halogens is 1. The Bertz CT molecular complexity index is 535. The van der Waals surface area contributed by atoms with Gasteiger partial charge >= 0.3 is 0 Å². The summed E-state index contributed by atoms with van der Waals surface area (Å²) < 4.78 is 6.28. The first-order valence-corrected chi connectivity index (χ1v) is 7.85. The number of hydrogen-bond acceptors (Lipinski definition) is 2. The Labute approximate surface area is 128 Å². The normalized spacial score (nSPS) is 15.9. The lowest BCUT2D eigenvalue weighted by molar-refractivity contribution is 0.0665. The fourth-order valence-electron chi connectivity index (χ4n) is 2.90. The smallest absolute Gasteiger partial charge is 0.259 e. The zero-order chi connectivity index (χ0) is 14.7. The van der Waals surface area contributed by atoms with Crippen LogP contribution in [0.2, 0.25) is 0 Å². The molecule has 1 saturated carbocycles. The molecule has 20 heavy (non-hydrogen) atoms. The summed E-state index contributed by atoms with van der Waals surface area (Å²) in [6.07, 6.45) is 11.1. The number of amides is 1. The summed E-state index contributed by atoms with van der Waals surface area (Å²) in [4.78, 5) is 14.7. The van der Waals surface area contributed by atoms with Crippen LogP contribution in [0.1, 0.15) is 54.0 Å². The highest BCUT2D eigenvalue weighted by Gasteiger charge is 2.29. The van der Waals surface area contributed by atoms with Crippen LogP contribution in [0.15, 0.2) is 8.89 Å². The molecule has 0 N–H and O–H groups in total. The maximum Gasteiger partial charge on any atom is 0.259 e. The number of carbonyl (C=O) groups is 1. The van der Waals surface area contributed by atoms with Crippen LogP contribution in [0.3, 0.4) is 0 Å². The van der Waals surface area contributed by atoms with Gasteiger partial charge in [-0.2, -0.15) is 0 Å². The van der Waals surface area contributed by atoms with Gasteiger partial charge in [0.15, 0.2) is 0 Å². The van der Waals surface area contributed by atoms with Crippen LogP contribution in [0.4, 0.5) is 0 Å². The van der Waals surface area contributed by atoms with Gasteiger partial charge in [-0.05, 0) is 42.6 Å². The lowest BCUT2D eigenvalue weighted by atomic mass is 9.93. The quantitative estimate of drug-likeness (QED) is 0.779. The molecule has 0 aromatic carbocycles. The third-order valence-electron chi connectivity index (χ3n) is 3.94. The van der Waals surface area contributed by atoms with Crippen molar-refractivity contribution in [2.45, 2.75) is 52.0 Å². The van der Waals surface area contributed by atoms with Crippen LogP contribution in [-0.2, 0) is 0 Å². The molecule has 0 spiro atoms. The molecule has 1 fully saturated rings. The van der Waals surface area contributed by atoms with E-state index >= 15 is 0 Å². The minimum absolute atomic E-state index is 0.0175. The third-order valence-corrected chi connectivity index (χ3v) is 4.89. The van der Waals surface area contributed by atoms with Crippen molar-refractivity contribution >= 4 is 21.8 Å². The van der Waals surface area contributed by atoms with Crippen molar-refractivity contribution < 1.29 is 9.21 Å². The highest BCUT2D eigenvalue weighted by molar-refractivity contribution is 9.10. The Morgan fingerprint density at radius 3 is 2.50 bits per heavy atom. The van der Waals surface area contributed by atoms with E-state index in [9.17, 15) is 4.79 Å². The molecule has 1 heterocycles. The Morgan fingerprint density at radius 2 is 2.00 bits per heavy atom.